The summed E-state index contributed by atoms with van der Waals surface area (Å²) >= 11 is 0. The van der Waals surface area contributed by atoms with E-state index in [0.717, 1.165) is 11.1 Å². The molecule has 0 bridgehead atoms. The molecule has 5 nitrogen and oxygen atoms in total. The summed E-state index contributed by atoms with van der Waals surface area (Å²) in [5.74, 6) is -1.01. The van der Waals surface area contributed by atoms with Crippen molar-refractivity contribution in [2.24, 2.45) is 0 Å². The van der Waals surface area contributed by atoms with Crippen molar-refractivity contribution in [3.05, 3.63) is 72.1 Å². The highest BCUT2D eigenvalue weighted by molar-refractivity contribution is 6.20. The molecule has 1 aliphatic rings. The highest BCUT2D eigenvalue weighted by Gasteiger charge is 2.32. The molecule has 0 radical (unpaired) electrons. The topological polar surface area (TPSA) is 72.0 Å². The molecule has 1 aromatic heterocycles. The minimum atomic E-state index is -0.505. The van der Waals surface area contributed by atoms with Crippen molar-refractivity contribution in [3.8, 4) is 22.5 Å². The normalized spacial score (nSPS) is 12.9. The molecule has 0 saturated heterocycles. The molecule has 0 atom stereocenters. The van der Waals surface area contributed by atoms with E-state index in [1.54, 1.807) is 0 Å². The van der Waals surface area contributed by atoms with Crippen LogP contribution in [0.1, 0.15) is 21.0 Å². The molecule has 0 fully saturated rings. The molecule has 2 aromatic carbocycles. The van der Waals surface area contributed by atoms with E-state index in [9.17, 15) is 9.59 Å². The summed E-state index contributed by atoms with van der Waals surface area (Å²) in [6.07, 6.45) is 0. The number of aromatic nitrogens is 2. The number of imide groups is 1. The van der Waals surface area contributed by atoms with E-state index >= 15 is 0 Å². The number of hydrogen-bond acceptors (Lipinski definition) is 4. The number of rotatable bonds is 2. The first kappa shape index (κ1) is 13.3. The monoisotopic (exact) mass is 301 g/mol. The molecule has 0 unspecified atom stereocenters. The lowest BCUT2D eigenvalue weighted by Gasteiger charge is -2.09. The Morgan fingerprint density at radius 3 is 1.35 bits per heavy atom. The third-order valence-corrected chi connectivity index (χ3v) is 3.65. The summed E-state index contributed by atoms with van der Waals surface area (Å²) in [6, 6.07) is 19.0. The van der Waals surface area contributed by atoms with Crippen molar-refractivity contribution in [3.63, 3.8) is 0 Å². The molecule has 1 aliphatic heterocycles. The predicted octanol–water partition coefficient (Wildman–Crippen LogP) is 2.69. The summed E-state index contributed by atoms with van der Waals surface area (Å²) in [7, 11) is 0. The first-order valence-electron chi connectivity index (χ1n) is 7.12. The van der Waals surface area contributed by atoms with Gasteiger partial charge in [0.1, 0.15) is 0 Å². The lowest BCUT2D eigenvalue weighted by Crippen LogP contribution is -2.20. The summed E-state index contributed by atoms with van der Waals surface area (Å²) in [5.41, 5.74) is 3.01. The Hall–Kier alpha value is -3.34. The van der Waals surface area contributed by atoms with E-state index < -0.39 is 11.8 Å². The van der Waals surface area contributed by atoms with Crippen LogP contribution in [0.3, 0.4) is 0 Å². The number of carbonyl (C=O) groups is 2. The van der Waals surface area contributed by atoms with Crippen molar-refractivity contribution in [1.82, 2.24) is 15.3 Å². The van der Waals surface area contributed by atoms with Crippen LogP contribution >= 0.6 is 0 Å². The van der Waals surface area contributed by atoms with Crippen LogP contribution in [0.25, 0.3) is 22.5 Å². The minimum absolute atomic E-state index is 0.0773. The zero-order valence-corrected chi connectivity index (χ0v) is 12.0. The molecular weight excluding hydrogens is 290 g/mol. The highest BCUT2D eigenvalue weighted by Crippen LogP contribution is 2.30. The summed E-state index contributed by atoms with van der Waals surface area (Å²) in [4.78, 5) is 32.6. The Kier molecular flexibility index (Phi) is 2.98. The average Bonchev–Trinajstić information content (AvgIpc) is 2.89. The maximum absolute atomic E-state index is 11.9. The second-order valence-electron chi connectivity index (χ2n) is 5.13. The molecule has 1 N–H and O–H groups in total. The Morgan fingerprint density at radius 2 is 0.957 bits per heavy atom. The summed E-state index contributed by atoms with van der Waals surface area (Å²) < 4.78 is 0. The second-order valence-corrected chi connectivity index (χ2v) is 5.13. The van der Waals surface area contributed by atoms with Crippen LogP contribution in [-0.4, -0.2) is 21.8 Å². The van der Waals surface area contributed by atoms with Gasteiger partial charge in [0.15, 0.2) is 11.4 Å². The van der Waals surface area contributed by atoms with Crippen molar-refractivity contribution in [2.75, 3.05) is 0 Å². The van der Waals surface area contributed by atoms with E-state index in [0.29, 0.717) is 11.4 Å². The molecule has 2 heterocycles. The first-order valence-corrected chi connectivity index (χ1v) is 7.12. The smallest absolute Gasteiger partial charge is 0.279 e. The SMILES string of the molecule is O=C1NC(=O)c2nc(-c3ccccc3)c(-c3ccccc3)nc21. The maximum Gasteiger partial charge on any atom is 0.279 e. The Labute approximate surface area is 132 Å². The van der Waals surface area contributed by atoms with Gasteiger partial charge in [0, 0.05) is 11.1 Å². The summed E-state index contributed by atoms with van der Waals surface area (Å²) in [6.45, 7) is 0. The van der Waals surface area contributed by atoms with Gasteiger partial charge in [-0.2, -0.15) is 0 Å². The van der Waals surface area contributed by atoms with Crippen LogP contribution in [0.2, 0.25) is 0 Å². The van der Waals surface area contributed by atoms with Crippen molar-refractivity contribution in [1.29, 1.82) is 0 Å². The van der Waals surface area contributed by atoms with Crippen molar-refractivity contribution < 1.29 is 9.59 Å². The van der Waals surface area contributed by atoms with Crippen LogP contribution < -0.4 is 5.32 Å². The summed E-state index contributed by atoms with van der Waals surface area (Å²) in [5, 5.41) is 2.24. The quantitative estimate of drug-likeness (QED) is 0.739. The fraction of sp³-hybridized carbons (Fsp3) is 0. The molecule has 5 heteroatoms. The highest BCUT2D eigenvalue weighted by atomic mass is 16.2. The van der Waals surface area contributed by atoms with Gasteiger partial charge in [-0.1, -0.05) is 60.7 Å². The molecule has 110 valence electrons. The molecule has 3 aromatic rings. The van der Waals surface area contributed by atoms with Crippen molar-refractivity contribution >= 4 is 11.8 Å². The zero-order chi connectivity index (χ0) is 15.8. The fourth-order valence-electron chi connectivity index (χ4n) is 2.57. The lowest BCUT2D eigenvalue weighted by molar-refractivity contribution is 0.0876. The van der Waals surface area contributed by atoms with Crippen LogP contribution in [0, 0.1) is 0 Å². The third-order valence-electron chi connectivity index (χ3n) is 3.65. The van der Waals surface area contributed by atoms with Gasteiger partial charge in [0.25, 0.3) is 11.8 Å². The molecule has 0 saturated carbocycles. The Bertz CT molecular complexity index is 845. The number of nitrogens with zero attached hydrogens (tertiary/aromatic N) is 2. The van der Waals surface area contributed by atoms with E-state index in [2.05, 4.69) is 15.3 Å². The number of fused-ring (bicyclic) bond motifs is 1. The number of hydrogen-bond donors (Lipinski definition) is 1. The van der Waals surface area contributed by atoms with Crippen LogP contribution in [-0.2, 0) is 0 Å². The number of nitrogens with one attached hydrogen (secondary N) is 1. The Balaban J connectivity index is 2.02. The van der Waals surface area contributed by atoms with Gasteiger partial charge in [-0.05, 0) is 0 Å². The van der Waals surface area contributed by atoms with E-state index in [4.69, 9.17) is 0 Å². The van der Waals surface area contributed by atoms with Crippen LogP contribution in [0.15, 0.2) is 60.7 Å². The van der Waals surface area contributed by atoms with Gasteiger partial charge in [-0.3, -0.25) is 14.9 Å². The minimum Gasteiger partial charge on any atom is -0.285 e. The van der Waals surface area contributed by atoms with Gasteiger partial charge in [0.05, 0.1) is 11.4 Å². The van der Waals surface area contributed by atoms with Gasteiger partial charge >= 0.3 is 0 Å². The van der Waals surface area contributed by atoms with E-state index in [1.807, 2.05) is 60.7 Å². The predicted molar refractivity (Wildman–Crippen MR) is 84.7 cm³/mol. The van der Waals surface area contributed by atoms with Crippen LogP contribution in [0.4, 0.5) is 0 Å². The van der Waals surface area contributed by atoms with Crippen molar-refractivity contribution in [2.45, 2.75) is 0 Å². The van der Waals surface area contributed by atoms with E-state index in [1.165, 1.54) is 0 Å². The molecule has 4 rings (SSSR count). The molecular formula is C18H11N3O2. The van der Waals surface area contributed by atoms with Gasteiger partial charge in [-0.25, -0.2) is 9.97 Å². The standard InChI is InChI=1S/C18H11N3O2/c22-17-15-16(18(23)21-17)20-14(12-9-5-2-6-10-12)13(19-15)11-7-3-1-4-8-11/h1-10H,(H,21,22,23). The number of amides is 2. The molecule has 2 amide bonds. The first-order chi connectivity index (χ1) is 11.2. The lowest BCUT2D eigenvalue weighted by atomic mass is 10.0. The zero-order valence-electron chi connectivity index (χ0n) is 12.0. The second kappa shape index (κ2) is 5.14. The van der Waals surface area contributed by atoms with E-state index in [-0.39, 0.29) is 11.4 Å². The largest absolute Gasteiger partial charge is 0.285 e. The van der Waals surface area contributed by atoms with Gasteiger partial charge < -0.3 is 0 Å². The van der Waals surface area contributed by atoms with Gasteiger partial charge in [0.2, 0.25) is 0 Å². The molecule has 0 aliphatic carbocycles. The van der Waals surface area contributed by atoms with Gasteiger partial charge in [-0.15, -0.1) is 0 Å². The number of carbonyl (C=O) groups excluding carboxylic acids is 2. The molecule has 23 heavy (non-hydrogen) atoms. The Morgan fingerprint density at radius 1 is 0.565 bits per heavy atom. The fourth-order valence-corrected chi connectivity index (χ4v) is 2.57. The maximum atomic E-state index is 11.9. The third kappa shape index (κ3) is 2.19. The number of benzene rings is 2. The molecule has 0 spiro atoms. The average molecular weight is 301 g/mol. The van der Waals surface area contributed by atoms with Crippen LogP contribution in [0.5, 0.6) is 0 Å².